The number of benzene rings is 1. The highest BCUT2D eigenvalue weighted by atomic mass is 79.9. The van der Waals surface area contributed by atoms with Gasteiger partial charge >= 0.3 is 0 Å². The number of hydrogen-bond donors (Lipinski definition) is 2. The Morgan fingerprint density at radius 1 is 1.48 bits per heavy atom. The van der Waals surface area contributed by atoms with E-state index >= 15 is 0 Å². The molecule has 0 saturated carbocycles. The van der Waals surface area contributed by atoms with Crippen LogP contribution in [0.4, 0.5) is 5.69 Å². The average Bonchev–Trinajstić information content (AvgIpc) is 2.77. The van der Waals surface area contributed by atoms with Gasteiger partial charge in [-0.2, -0.15) is 0 Å². The van der Waals surface area contributed by atoms with E-state index < -0.39 is 0 Å². The van der Waals surface area contributed by atoms with Crippen LogP contribution in [-0.2, 0) is 11.4 Å². The Morgan fingerprint density at radius 3 is 2.76 bits per heavy atom. The van der Waals surface area contributed by atoms with Gasteiger partial charge in [0.05, 0.1) is 18.2 Å². The van der Waals surface area contributed by atoms with Crippen molar-refractivity contribution in [2.24, 2.45) is 0 Å². The summed E-state index contributed by atoms with van der Waals surface area (Å²) >= 11 is 3.36. The van der Waals surface area contributed by atoms with E-state index in [4.69, 9.17) is 4.52 Å². The predicted octanol–water partition coefficient (Wildman–Crippen LogP) is 3.29. The van der Waals surface area contributed by atoms with Crippen LogP contribution in [0.3, 0.4) is 0 Å². The Balaban J connectivity index is 2.25. The third kappa shape index (κ3) is 3.16. The van der Waals surface area contributed by atoms with Gasteiger partial charge in [-0.3, -0.25) is 4.79 Å². The fourth-order valence-electron chi connectivity index (χ4n) is 2.32. The van der Waals surface area contributed by atoms with Crippen LogP contribution < -0.4 is 5.32 Å². The summed E-state index contributed by atoms with van der Waals surface area (Å²) in [5.74, 6) is 0.0887. The molecule has 0 aliphatic carbocycles. The number of halogens is 1. The van der Waals surface area contributed by atoms with E-state index in [9.17, 15) is 9.90 Å². The topological polar surface area (TPSA) is 75.4 Å². The van der Waals surface area contributed by atoms with Gasteiger partial charge in [0, 0.05) is 21.3 Å². The Hall–Kier alpha value is -1.66. The van der Waals surface area contributed by atoms with Gasteiger partial charge < -0.3 is 14.9 Å². The standard InChI is InChI=1S/C15H17BrN2O3/c1-8(14-9(2)18-21-10(14)3)15(20)17-13-6-4-5-12(16)11(13)7-19/h4-6,8,19H,7H2,1-3H3,(H,17,20)/t8-/m1/s1. The monoisotopic (exact) mass is 352 g/mol. The molecule has 0 aliphatic heterocycles. The van der Waals surface area contributed by atoms with Gasteiger partial charge in [0.25, 0.3) is 0 Å². The molecule has 1 heterocycles. The van der Waals surface area contributed by atoms with Crippen LogP contribution in [0.2, 0.25) is 0 Å². The van der Waals surface area contributed by atoms with E-state index in [1.54, 1.807) is 26.0 Å². The van der Waals surface area contributed by atoms with Crippen LogP contribution in [-0.4, -0.2) is 16.2 Å². The first-order valence-electron chi connectivity index (χ1n) is 6.57. The fraction of sp³-hybridized carbons (Fsp3) is 0.333. The van der Waals surface area contributed by atoms with Gasteiger partial charge in [-0.15, -0.1) is 0 Å². The molecule has 2 N–H and O–H groups in total. The number of aryl methyl sites for hydroxylation is 2. The third-order valence-electron chi connectivity index (χ3n) is 3.45. The molecule has 0 aliphatic rings. The maximum atomic E-state index is 12.4. The number of hydrogen-bond acceptors (Lipinski definition) is 4. The molecule has 0 saturated heterocycles. The van der Waals surface area contributed by atoms with Crippen LogP contribution in [0.1, 0.15) is 35.4 Å². The highest BCUT2D eigenvalue weighted by Crippen LogP contribution is 2.28. The zero-order chi connectivity index (χ0) is 15.6. The summed E-state index contributed by atoms with van der Waals surface area (Å²) < 4.78 is 5.86. The van der Waals surface area contributed by atoms with Crippen LogP contribution in [0.5, 0.6) is 0 Å². The van der Waals surface area contributed by atoms with Crippen molar-refractivity contribution in [1.82, 2.24) is 5.16 Å². The molecule has 0 unspecified atom stereocenters. The first-order valence-corrected chi connectivity index (χ1v) is 7.36. The van der Waals surface area contributed by atoms with E-state index in [0.717, 1.165) is 10.0 Å². The Morgan fingerprint density at radius 2 is 2.19 bits per heavy atom. The first-order chi connectivity index (χ1) is 9.95. The molecule has 1 atom stereocenters. The minimum atomic E-state index is -0.387. The smallest absolute Gasteiger partial charge is 0.231 e. The number of carbonyl (C=O) groups is 1. The van der Waals surface area contributed by atoms with E-state index in [1.807, 2.05) is 13.0 Å². The van der Waals surface area contributed by atoms with E-state index in [0.29, 0.717) is 22.7 Å². The summed E-state index contributed by atoms with van der Waals surface area (Å²) in [5.41, 5.74) is 2.76. The Bertz CT molecular complexity index is 647. The zero-order valence-corrected chi connectivity index (χ0v) is 13.7. The minimum Gasteiger partial charge on any atom is -0.392 e. The number of carbonyl (C=O) groups excluding carboxylic acids is 1. The second kappa shape index (κ2) is 6.41. The van der Waals surface area contributed by atoms with Crippen LogP contribution in [0, 0.1) is 13.8 Å². The van der Waals surface area contributed by atoms with Crippen molar-refractivity contribution in [2.75, 3.05) is 5.32 Å². The van der Waals surface area contributed by atoms with Crippen LogP contribution >= 0.6 is 15.9 Å². The highest BCUT2D eigenvalue weighted by molar-refractivity contribution is 9.10. The molecule has 2 rings (SSSR count). The molecule has 112 valence electrons. The average molecular weight is 353 g/mol. The second-order valence-electron chi connectivity index (χ2n) is 4.87. The Labute approximate surface area is 131 Å². The second-order valence-corrected chi connectivity index (χ2v) is 5.73. The molecule has 0 radical (unpaired) electrons. The van der Waals surface area contributed by atoms with Crippen LogP contribution in [0.15, 0.2) is 27.2 Å². The SMILES string of the molecule is Cc1noc(C)c1[C@@H](C)C(=O)Nc1cccc(Br)c1CO. The van der Waals surface area contributed by atoms with Crippen LogP contribution in [0.25, 0.3) is 0 Å². The van der Waals surface area contributed by atoms with Crippen molar-refractivity contribution in [3.05, 3.63) is 45.3 Å². The lowest BCUT2D eigenvalue weighted by Crippen LogP contribution is -2.20. The molecular weight excluding hydrogens is 336 g/mol. The molecule has 1 aromatic carbocycles. The largest absolute Gasteiger partial charge is 0.392 e. The molecular formula is C15H17BrN2O3. The van der Waals surface area contributed by atoms with Gasteiger partial charge in [-0.1, -0.05) is 27.2 Å². The molecule has 1 amide bonds. The quantitative estimate of drug-likeness (QED) is 0.885. The number of amides is 1. The highest BCUT2D eigenvalue weighted by Gasteiger charge is 2.23. The summed E-state index contributed by atoms with van der Waals surface area (Å²) in [6, 6.07) is 5.38. The number of aromatic nitrogens is 1. The van der Waals surface area contributed by atoms with Crippen molar-refractivity contribution in [1.29, 1.82) is 0 Å². The van der Waals surface area contributed by atoms with Gasteiger partial charge in [-0.25, -0.2) is 0 Å². The lowest BCUT2D eigenvalue weighted by molar-refractivity contribution is -0.117. The van der Waals surface area contributed by atoms with E-state index in [1.165, 1.54) is 0 Å². The normalized spacial score (nSPS) is 12.2. The van der Waals surface area contributed by atoms with Gasteiger partial charge in [0.2, 0.25) is 5.91 Å². The number of nitrogens with zero attached hydrogens (tertiary/aromatic N) is 1. The summed E-state index contributed by atoms with van der Waals surface area (Å²) in [6.07, 6.45) is 0. The summed E-state index contributed by atoms with van der Waals surface area (Å²) in [4.78, 5) is 12.4. The third-order valence-corrected chi connectivity index (χ3v) is 4.19. The lowest BCUT2D eigenvalue weighted by Gasteiger charge is -2.15. The number of nitrogens with one attached hydrogen (secondary N) is 1. The predicted molar refractivity (Wildman–Crippen MR) is 83.1 cm³/mol. The number of rotatable bonds is 4. The summed E-state index contributed by atoms with van der Waals surface area (Å²) in [7, 11) is 0. The molecule has 0 bridgehead atoms. The minimum absolute atomic E-state index is 0.156. The summed E-state index contributed by atoms with van der Waals surface area (Å²) in [6.45, 7) is 5.25. The summed E-state index contributed by atoms with van der Waals surface area (Å²) in [5, 5.41) is 16.1. The first kappa shape index (κ1) is 15.7. The van der Waals surface area contributed by atoms with Crippen molar-refractivity contribution >= 4 is 27.5 Å². The van der Waals surface area contributed by atoms with Gasteiger partial charge in [0.1, 0.15) is 5.76 Å². The maximum absolute atomic E-state index is 12.4. The number of aliphatic hydroxyl groups excluding tert-OH is 1. The molecule has 21 heavy (non-hydrogen) atoms. The van der Waals surface area contributed by atoms with E-state index in [2.05, 4.69) is 26.4 Å². The molecule has 6 heteroatoms. The number of aliphatic hydroxyl groups is 1. The molecule has 1 aromatic heterocycles. The fourth-order valence-corrected chi connectivity index (χ4v) is 2.81. The van der Waals surface area contributed by atoms with Crippen molar-refractivity contribution in [3.63, 3.8) is 0 Å². The molecule has 2 aromatic rings. The zero-order valence-electron chi connectivity index (χ0n) is 12.1. The van der Waals surface area contributed by atoms with E-state index in [-0.39, 0.29) is 18.4 Å². The van der Waals surface area contributed by atoms with Crippen molar-refractivity contribution < 1.29 is 14.4 Å². The molecule has 0 spiro atoms. The Kier molecular flexibility index (Phi) is 4.80. The van der Waals surface area contributed by atoms with Crippen molar-refractivity contribution in [3.8, 4) is 0 Å². The van der Waals surface area contributed by atoms with Gasteiger partial charge in [-0.05, 0) is 32.9 Å². The van der Waals surface area contributed by atoms with Gasteiger partial charge in [0.15, 0.2) is 0 Å². The number of anilines is 1. The maximum Gasteiger partial charge on any atom is 0.231 e. The molecule has 0 fully saturated rings. The molecule has 5 nitrogen and oxygen atoms in total. The lowest BCUT2D eigenvalue weighted by atomic mass is 9.98. The van der Waals surface area contributed by atoms with Crippen molar-refractivity contribution in [2.45, 2.75) is 33.3 Å².